The smallest absolute Gasteiger partial charge is 0.397 e. The van der Waals surface area contributed by atoms with Gasteiger partial charge in [-0.15, -0.1) is 0 Å². The third-order valence-corrected chi connectivity index (χ3v) is 8.94. The lowest BCUT2D eigenvalue weighted by Crippen LogP contribution is -2.60. The van der Waals surface area contributed by atoms with Crippen LogP contribution in [0.25, 0.3) is 0 Å². The van der Waals surface area contributed by atoms with E-state index in [1.165, 1.54) is 57.8 Å². The van der Waals surface area contributed by atoms with Crippen LogP contribution in [0.1, 0.15) is 129 Å². The zero-order chi connectivity index (χ0) is 38.3. The first-order valence-electron chi connectivity index (χ1n) is 19.4. The molecule has 13 heteroatoms. The lowest BCUT2D eigenvalue weighted by atomic mass is 9.99. The molecule has 1 aliphatic rings. The average Bonchev–Trinajstić information content (AvgIpc) is 3.11. The van der Waals surface area contributed by atoms with Gasteiger partial charge in [0, 0.05) is 13.0 Å². The Hall–Kier alpha value is -1.94. The molecule has 0 aromatic carbocycles. The molecule has 1 fully saturated rings. The van der Waals surface area contributed by atoms with Crippen molar-refractivity contribution in [3.63, 3.8) is 0 Å². The van der Waals surface area contributed by atoms with E-state index in [4.69, 9.17) is 23.5 Å². The van der Waals surface area contributed by atoms with E-state index in [1.807, 2.05) is 12.2 Å². The predicted octanol–water partition coefficient (Wildman–Crippen LogP) is 6.84. The van der Waals surface area contributed by atoms with Gasteiger partial charge in [0.2, 0.25) is 0 Å². The van der Waals surface area contributed by atoms with Crippen LogP contribution in [0.2, 0.25) is 0 Å². The van der Waals surface area contributed by atoms with Gasteiger partial charge >= 0.3 is 16.4 Å². The highest BCUT2D eigenvalue weighted by Crippen LogP contribution is 2.26. The van der Waals surface area contributed by atoms with Gasteiger partial charge in [-0.1, -0.05) is 133 Å². The Morgan fingerprint density at radius 3 is 1.83 bits per heavy atom. The van der Waals surface area contributed by atoms with E-state index in [-0.39, 0.29) is 19.6 Å². The number of esters is 1. The number of hydrogen-bond acceptors (Lipinski definition) is 11. The van der Waals surface area contributed by atoms with Gasteiger partial charge in [0.05, 0.1) is 19.8 Å². The largest absolute Gasteiger partial charge is 0.457 e. The van der Waals surface area contributed by atoms with Crippen molar-refractivity contribution in [3.05, 3.63) is 48.6 Å². The predicted molar refractivity (Wildman–Crippen MR) is 202 cm³/mol. The number of ether oxygens (including phenoxy) is 4. The SMILES string of the molecule is CC/C=C\C/C=C\C/C=C\C/C=C\CCC(=O)OC(COCCCCCCCCCCCCCC)COC1OC(CO)C(O)C(OS(=O)(=O)O)C1O. The summed E-state index contributed by atoms with van der Waals surface area (Å²) in [7, 11) is -5.06. The Kier molecular flexibility index (Phi) is 29.0. The van der Waals surface area contributed by atoms with Gasteiger partial charge in [-0.05, 0) is 38.5 Å². The number of hydrogen-bond donors (Lipinski definition) is 4. The zero-order valence-electron chi connectivity index (χ0n) is 31.6. The van der Waals surface area contributed by atoms with Crippen LogP contribution in [-0.2, 0) is 38.3 Å². The Morgan fingerprint density at radius 1 is 0.750 bits per heavy atom. The first kappa shape index (κ1) is 48.1. The molecule has 0 amide bonds. The quantitative estimate of drug-likeness (QED) is 0.0243. The van der Waals surface area contributed by atoms with Crippen LogP contribution >= 0.6 is 0 Å². The van der Waals surface area contributed by atoms with Crippen molar-refractivity contribution in [2.75, 3.05) is 26.4 Å². The Labute approximate surface area is 313 Å². The van der Waals surface area contributed by atoms with Gasteiger partial charge in [-0.3, -0.25) is 9.35 Å². The summed E-state index contributed by atoms with van der Waals surface area (Å²) in [4.78, 5) is 12.7. The Morgan fingerprint density at radius 2 is 1.29 bits per heavy atom. The Balaban J connectivity index is 2.57. The number of aliphatic hydroxyl groups excluding tert-OH is 3. The molecule has 0 spiro atoms. The maximum Gasteiger partial charge on any atom is 0.397 e. The van der Waals surface area contributed by atoms with Crippen LogP contribution in [0.4, 0.5) is 0 Å². The third-order valence-electron chi connectivity index (χ3n) is 8.48. The number of aliphatic hydroxyl groups is 3. The van der Waals surface area contributed by atoms with Gasteiger partial charge in [-0.25, -0.2) is 4.18 Å². The van der Waals surface area contributed by atoms with Gasteiger partial charge in [-0.2, -0.15) is 8.42 Å². The van der Waals surface area contributed by atoms with E-state index in [9.17, 15) is 28.5 Å². The normalized spacial score (nSPS) is 22.0. The minimum absolute atomic E-state index is 0.00750. The van der Waals surface area contributed by atoms with Crippen LogP contribution in [0.5, 0.6) is 0 Å². The molecule has 1 aliphatic heterocycles. The van der Waals surface area contributed by atoms with Crippen LogP contribution in [0.15, 0.2) is 48.6 Å². The molecule has 302 valence electrons. The fourth-order valence-corrected chi connectivity index (χ4v) is 6.08. The summed E-state index contributed by atoms with van der Waals surface area (Å²) in [6.45, 7) is 3.75. The van der Waals surface area contributed by atoms with Gasteiger partial charge < -0.3 is 34.3 Å². The Bertz CT molecular complexity index is 1110. The van der Waals surface area contributed by atoms with Crippen molar-refractivity contribution in [1.82, 2.24) is 0 Å². The maximum absolute atomic E-state index is 12.7. The molecule has 4 N–H and O–H groups in total. The molecule has 0 saturated carbocycles. The van der Waals surface area contributed by atoms with E-state index in [0.29, 0.717) is 13.0 Å². The van der Waals surface area contributed by atoms with Crippen molar-refractivity contribution in [2.24, 2.45) is 0 Å². The van der Waals surface area contributed by atoms with Crippen LogP contribution < -0.4 is 0 Å². The molecule has 0 aliphatic carbocycles. The number of allylic oxidation sites excluding steroid dienone is 8. The molecule has 6 atom stereocenters. The molecule has 0 aromatic heterocycles. The van der Waals surface area contributed by atoms with E-state index in [0.717, 1.165) is 44.9 Å². The zero-order valence-corrected chi connectivity index (χ0v) is 32.4. The van der Waals surface area contributed by atoms with Crippen LogP contribution in [0, 0.1) is 0 Å². The number of unbranched alkanes of at least 4 members (excludes halogenated alkanes) is 11. The second-order valence-electron chi connectivity index (χ2n) is 13.1. The molecule has 1 saturated heterocycles. The molecule has 6 unspecified atom stereocenters. The number of carbonyl (C=O) groups is 1. The summed E-state index contributed by atoms with van der Waals surface area (Å²) in [5.41, 5.74) is 0. The highest BCUT2D eigenvalue weighted by Gasteiger charge is 2.48. The minimum atomic E-state index is -5.06. The number of rotatable bonds is 32. The standard InChI is InChI=1S/C39H68O12S/c1-3-5-7-9-11-13-15-17-18-20-22-24-26-28-35(41)49-33(31-47-29-27-25-23-21-19-16-14-12-10-8-6-4-2)32-48-39-37(43)38(51-52(44,45)46)36(42)34(30-40)50-39/h5,7,11,13,17-18,22,24,33-34,36-40,42-43H,3-4,6,8-10,12,14-16,19-21,23,25-32H2,1-2H3,(H,44,45,46)/b7-5-,13-11-,18-17-,24-22-. The third kappa shape index (κ3) is 25.1. The molecule has 1 rings (SSSR count). The van der Waals surface area contributed by atoms with Crippen LogP contribution in [-0.4, -0.2) is 97.5 Å². The second kappa shape index (κ2) is 31.4. The second-order valence-corrected chi connectivity index (χ2v) is 14.2. The topological polar surface area (TPSA) is 178 Å². The van der Waals surface area contributed by atoms with Crippen molar-refractivity contribution < 1.29 is 56.2 Å². The van der Waals surface area contributed by atoms with Crippen molar-refractivity contribution >= 4 is 16.4 Å². The molecule has 0 bridgehead atoms. The maximum atomic E-state index is 12.7. The van der Waals surface area contributed by atoms with E-state index in [1.54, 1.807) is 0 Å². The highest BCUT2D eigenvalue weighted by atomic mass is 32.3. The van der Waals surface area contributed by atoms with Gasteiger partial charge in [0.25, 0.3) is 0 Å². The first-order chi connectivity index (χ1) is 25.1. The summed E-state index contributed by atoms with van der Waals surface area (Å²) in [6.07, 6.45) is 26.0. The van der Waals surface area contributed by atoms with E-state index in [2.05, 4.69) is 54.5 Å². The number of carbonyl (C=O) groups excluding carboxylic acids is 1. The minimum Gasteiger partial charge on any atom is -0.457 e. The molecule has 1 heterocycles. The monoisotopic (exact) mass is 760 g/mol. The fourth-order valence-electron chi connectivity index (χ4n) is 5.57. The lowest BCUT2D eigenvalue weighted by Gasteiger charge is -2.41. The lowest BCUT2D eigenvalue weighted by molar-refractivity contribution is -0.301. The summed E-state index contributed by atoms with van der Waals surface area (Å²) in [5, 5.41) is 30.5. The van der Waals surface area contributed by atoms with Crippen molar-refractivity contribution in [2.45, 2.75) is 166 Å². The molecule has 0 radical (unpaired) electrons. The average molecular weight is 761 g/mol. The summed E-state index contributed by atoms with van der Waals surface area (Å²) in [6, 6.07) is 0. The van der Waals surface area contributed by atoms with E-state index < -0.39 is 59.8 Å². The molecule has 52 heavy (non-hydrogen) atoms. The van der Waals surface area contributed by atoms with Crippen molar-refractivity contribution in [1.29, 1.82) is 0 Å². The molecule has 12 nitrogen and oxygen atoms in total. The molecular weight excluding hydrogens is 692 g/mol. The molecule has 0 aromatic rings. The van der Waals surface area contributed by atoms with Crippen LogP contribution in [0.3, 0.4) is 0 Å². The summed E-state index contributed by atoms with van der Waals surface area (Å²) in [5.74, 6) is -0.480. The van der Waals surface area contributed by atoms with Gasteiger partial charge in [0.15, 0.2) is 6.29 Å². The summed E-state index contributed by atoms with van der Waals surface area (Å²) < 4.78 is 58.7. The van der Waals surface area contributed by atoms with Crippen molar-refractivity contribution in [3.8, 4) is 0 Å². The molecular formula is C39H68O12S. The van der Waals surface area contributed by atoms with Gasteiger partial charge in [0.1, 0.15) is 30.5 Å². The van der Waals surface area contributed by atoms with E-state index >= 15 is 0 Å². The first-order valence-corrected chi connectivity index (χ1v) is 20.8. The fraction of sp³-hybridized carbons (Fsp3) is 0.769. The highest BCUT2D eigenvalue weighted by molar-refractivity contribution is 7.80. The summed E-state index contributed by atoms with van der Waals surface area (Å²) >= 11 is 0.